The lowest BCUT2D eigenvalue weighted by molar-refractivity contribution is 0.337. The number of anilines is 1. The van der Waals surface area contributed by atoms with E-state index in [0.29, 0.717) is 29.9 Å². The van der Waals surface area contributed by atoms with Crippen molar-refractivity contribution in [2.24, 2.45) is 0 Å². The fraction of sp³-hybridized carbons (Fsp3) is 0.125. The van der Waals surface area contributed by atoms with Crippen molar-refractivity contribution in [3.8, 4) is 17.1 Å². The van der Waals surface area contributed by atoms with Crippen molar-refractivity contribution in [1.82, 2.24) is 0 Å². The molecule has 0 fully saturated rings. The minimum Gasteiger partial charge on any atom is -0.494 e. The summed E-state index contributed by atoms with van der Waals surface area (Å²) < 4.78 is 12.6. The third-order valence-corrected chi connectivity index (χ3v) is 5.08. The summed E-state index contributed by atoms with van der Waals surface area (Å²) in [5.74, 6) is 1.41. The van der Waals surface area contributed by atoms with Crippen LogP contribution >= 0.6 is 15.9 Å². The number of rotatable bonds is 6. The maximum absolute atomic E-state index is 12.7. The molecule has 0 spiro atoms. The van der Waals surface area contributed by atoms with E-state index in [-0.39, 0.29) is 5.43 Å². The highest BCUT2D eigenvalue weighted by Crippen LogP contribution is 2.26. The van der Waals surface area contributed by atoms with Crippen LogP contribution in [0.5, 0.6) is 5.75 Å². The number of hydrogen-bond donors (Lipinski definition) is 1. The number of hydrogen-bond acceptors (Lipinski definition) is 4. The van der Waals surface area contributed by atoms with E-state index in [9.17, 15) is 4.79 Å². The van der Waals surface area contributed by atoms with Gasteiger partial charge in [0.1, 0.15) is 17.1 Å². The summed E-state index contributed by atoms with van der Waals surface area (Å²) in [6.45, 7) is 3.15. The molecule has 146 valence electrons. The molecule has 3 aromatic carbocycles. The molecular weight excluding hydrogens is 430 g/mol. The van der Waals surface area contributed by atoms with E-state index < -0.39 is 0 Å². The van der Waals surface area contributed by atoms with E-state index in [4.69, 9.17) is 9.15 Å². The number of nitrogens with one attached hydrogen (secondary N) is 1. The summed E-state index contributed by atoms with van der Waals surface area (Å²) in [7, 11) is 0. The van der Waals surface area contributed by atoms with Gasteiger partial charge in [0.05, 0.1) is 12.0 Å². The van der Waals surface area contributed by atoms with Crippen molar-refractivity contribution in [3.63, 3.8) is 0 Å². The standard InChI is InChI=1S/C24H20BrNO3/c1-2-28-22-10-8-18(25)12-17(22)15-26-19-9-11-23-20(13-19)21(27)14-24(29-23)16-6-4-3-5-7-16/h3-14,26H,2,15H2,1H3. The van der Waals surface area contributed by atoms with Gasteiger partial charge in [-0.3, -0.25) is 4.79 Å². The first-order valence-corrected chi connectivity index (χ1v) is 10.2. The van der Waals surface area contributed by atoms with E-state index in [1.54, 1.807) is 6.07 Å². The maximum Gasteiger partial charge on any atom is 0.193 e. The monoisotopic (exact) mass is 449 g/mol. The molecule has 0 radical (unpaired) electrons. The Balaban J connectivity index is 1.61. The lowest BCUT2D eigenvalue weighted by atomic mass is 10.1. The number of halogens is 1. The molecule has 0 aliphatic heterocycles. The van der Waals surface area contributed by atoms with Crippen LogP contribution in [0.2, 0.25) is 0 Å². The highest BCUT2D eigenvalue weighted by molar-refractivity contribution is 9.10. The molecule has 4 aromatic rings. The number of ether oxygens (including phenoxy) is 1. The lowest BCUT2D eigenvalue weighted by Crippen LogP contribution is -2.05. The Hall–Kier alpha value is -3.05. The molecule has 29 heavy (non-hydrogen) atoms. The van der Waals surface area contributed by atoms with E-state index in [1.807, 2.05) is 73.7 Å². The van der Waals surface area contributed by atoms with Crippen LogP contribution in [-0.2, 0) is 6.54 Å². The molecule has 1 heterocycles. The van der Waals surface area contributed by atoms with E-state index in [2.05, 4.69) is 21.2 Å². The molecule has 1 aromatic heterocycles. The fourth-order valence-electron chi connectivity index (χ4n) is 3.19. The average Bonchev–Trinajstić information content (AvgIpc) is 2.74. The van der Waals surface area contributed by atoms with Gasteiger partial charge in [-0.25, -0.2) is 0 Å². The third kappa shape index (κ3) is 4.35. The summed E-state index contributed by atoms with van der Waals surface area (Å²) in [6, 6.07) is 22.7. The van der Waals surface area contributed by atoms with Crippen LogP contribution in [0.15, 0.2) is 86.5 Å². The molecule has 4 nitrogen and oxygen atoms in total. The Bertz CT molecular complexity index is 1200. The van der Waals surface area contributed by atoms with Gasteiger partial charge in [0.2, 0.25) is 0 Å². The van der Waals surface area contributed by atoms with Crippen LogP contribution in [-0.4, -0.2) is 6.61 Å². The third-order valence-electron chi connectivity index (χ3n) is 4.59. The second-order valence-electron chi connectivity index (χ2n) is 6.59. The second-order valence-corrected chi connectivity index (χ2v) is 7.51. The van der Waals surface area contributed by atoms with Gasteiger partial charge in [-0.1, -0.05) is 46.3 Å². The summed E-state index contributed by atoms with van der Waals surface area (Å²) in [4.78, 5) is 12.7. The quantitative estimate of drug-likeness (QED) is 0.378. The zero-order valence-corrected chi connectivity index (χ0v) is 17.5. The lowest BCUT2D eigenvalue weighted by Gasteiger charge is -2.13. The predicted octanol–water partition coefficient (Wildman–Crippen LogP) is 6.23. The predicted molar refractivity (Wildman–Crippen MR) is 121 cm³/mol. The molecule has 0 atom stereocenters. The second kappa shape index (κ2) is 8.53. The zero-order valence-electron chi connectivity index (χ0n) is 15.9. The Morgan fingerprint density at radius 3 is 2.62 bits per heavy atom. The number of fused-ring (bicyclic) bond motifs is 1. The molecule has 0 aliphatic rings. The van der Waals surface area contributed by atoms with Gasteiger partial charge in [0, 0.05) is 33.9 Å². The van der Waals surface area contributed by atoms with Gasteiger partial charge in [-0.15, -0.1) is 0 Å². The molecule has 0 amide bonds. The van der Waals surface area contributed by atoms with Crippen molar-refractivity contribution in [2.75, 3.05) is 11.9 Å². The summed E-state index contributed by atoms with van der Waals surface area (Å²) >= 11 is 3.50. The summed E-state index contributed by atoms with van der Waals surface area (Å²) in [5.41, 5.74) is 3.27. The zero-order chi connectivity index (χ0) is 20.2. The average molecular weight is 450 g/mol. The molecule has 4 rings (SSSR count). The summed E-state index contributed by atoms with van der Waals surface area (Å²) in [5, 5.41) is 3.92. The van der Waals surface area contributed by atoms with Gasteiger partial charge in [-0.05, 0) is 43.3 Å². The molecule has 0 bridgehead atoms. The van der Waals surface area contributed by atoms with Gasteiger partial charge in [0.25, 0.3) is 0 Å². The first-order chi connectivity index (χ1) is 14.1. The molecular formula is C24H20BrNO3. The van der Waals surface area contributed by atoms with Crippen LogP contribution in [0.1, 0.15) is 12.5 Å². The van der Waals surface area contributed by atoms with Gasteiger partial charge < -0.3 is 14.5 Å². The Morgan fingerprint density at radius 1 is 1.00 bits per heavy atom. The largest absolute Gasteiger partial charge is 0.494 e. The van der Waals surface area contributed by atoms with Crippen LogP contribution < -0.4 is 15.5 Å². The molecule has 0 saturated carbocycles. The van der Waals surface area contributed by atoms with Crippen molar-refractivity contribution < 1.29 is 9.15 Å². The smallest absolute Gasteiger partial charge is 0.193 e. The van der Waals surface area contributed by atoms with Crippen molar-refractivity contribution >= 4 is 32.6 Å². The topological polar surface area (TPSA) is 51.5 Å². The molecule has 0 aliphatic carbocycles. The minimum absolute atomic E-state index is 0.0637. The SMILES string of the molecule is CCOc1ccc(Br)cc1CNc1ccc2oc(-c3ccccc3)cc(=O)c2c1. The van der Waals surface area contributed by atoms with Gasteiger partial charge in [0.15, 0.2) is 5.43 Å². The molecule has 0 unspecified atom stereocenters. The van der Waals surface area contributed by atoms with E-state index in [1.165, 1.54) is 0 Å². The van der Waals surface area contributed by atoms with Crippen molar-refractivity contribution in [1.29, 1.82) is 0 Å². The van der Waals surface area contributed by atoms with Crippen LogP contribution in [0.4, 0.5) is 5.69 Å². The van der Waals surface area contributed by atoms with Gasteiger partial charge in [-0.2, -0.15) is 0 Å². The first kappa shape index (κ1) is 19.3. The van der Waals surface area contributed by atoms with Gasteiger partial charge >= 0.3 is 0 Å². The Kier molecular flexibility index (Phi) is 5.67. The van der Waals surface area contributed by atoms with Crippen molar-refractivity contribution in [2.45, 2.75) is 13.5 Å². The normalized spacial score (nSPS) is 10.8. The Morgan fingerprint density at radius 2 is 1.83 bits per heavy atom. The Labute approximate surface area is 177 Å². The maximum atomic E-state index is 12.7. The molecule has 0 saturated heterocycles. The highest BCUT2D eigenvalue weighted by Gasteiger charge is 2.09. The highest BCUT2D eigenvalue weighted by atomic mass is 79.9. The van der Waals surface area contributed by atoms with Crippen molar-refractivity contribution in [3.05, 3.63) is 93.1 Å². The molecule has 5 heteroatoms. The van der Waals surface area contributed by atoms with Crippen LogP contribution in [0, 0.1) is 0 Å². The fourth-order valence-corrected chi connectivity index (χ4v) is 3.60. The van der Waals surface area contributed by atoms with Crippen LogP contribution in [0.3, 0.4) is 0 Å². The van der Waals surface area contributed by atoms with E-state index >= 15 is 0 Å². The van der Waals surface area contributed by atoms with Crippen LogP contribution in [0.25, 0.3) is 22.3 Å². The molecule has 1 N–H and O–H groups in total. The van der Waals surface area contributed by atoms with E-state index in [0.717, 1.165) is 27.0 Å². The number of benzene rings is 3. The summed E-state index contributed by atoms with van der Waals surface area (Å²) in [6.07, 6.45) is 0. The first-order valence-electron chi connectivity index (χ1n) is 9.42. The minimum atomic E-state index is -0.0637.